The number of hydrogen-bond acceptors (Lipinski definition) is 4. The van der Waals surface area contributed by atoms with Gasteiger partial charge in [0.2, 0.25) is 5.91 Å². The first-order valence-corrected chi connectivity index (χ1v) is 7.98. The van der Waals surface area contributed by atoms with Crippen LogP contribution < -0.4 is 14.8 Å². The molecule has 2 aliphatic heterocycles. The molecular formula is C17H20N2O4. The molecular weight excluding hydrogens is 296 g/mol. The van der Waals surface area contributed by atoms with Crippen molar-refractivity contribution in [1.82, 2.24) is 10.2 Å². The van der Waals surface area contributed by atoms with E-state index in [1.807, 2.05) is 18.2 Å². The standard InChI is InChI=1S/C17H20N2O4/c1-17(2)9-22-12-4-3-5-13(15(12)17)23-11-6-10(7-11)19-14(20)8-18-16(19)21/h3-5,10-11H,6-9H2,1-2H3,(H,18,21). The molecule has 0 atom stereocenters. The lowest BCUT2D eigenvalue weighted by molar-refractivity contribution is -0.129. The van der Waals surface area contributed by atoms with E-state index in [-0.39, 0.29) is 36.0 Å². The van der Waals surface area contributed by atoms with E-state index in [1.165, 1.54) is 4.90 Å². The summed E-state index contributed by atoms with van der Waals surface area (Å²) in [6.45, 7) is 5.04. The second-order valence-electron chi connectivity index (χ2n) is 7.09. The maximum Gasteiger partial charge on any atom is 0.324 e. The minimum atomic E-state index is -0.284. The fraction of sp³-hybridized carbons (Fsp3) is 0.529. The van der Waals surface area contributed by atoms with E-state index in [9.17, 15) is 9.59 Å². The highest BCUT2D eigenvalue weighted by molar-refractivity contribution is 6.02. The van der Waals surface area contributed by atoms with Crippen molar-refractivity contribution in [3.05, 3.63) is 23.8 Å². The van der Waals surface area contributed by atoms with E-state index in [0.29, 0.717) is 19.4 Å². The average molecular weight is 316 g/mol. The summed E-state index contributed by atoms with van der Waals surface area (Å²) < 4.78 is 11.9. The number of fused-ring (bicyclic) bond motifs is 1. The Morgan fingerprint density at radius 3 is 2.78 bits per heavy atom. The Morgan fingerprint density at radius 2 is 2.09 bits per heavy atom. The lowest BCUT2D eigenvalue weighted by atomic mass is 9.85. The molecule has 3 amide bonds. The first-order chi connectivity index (χ1) is 11.0. The molecule has 1 saturated carbocycles. The van der Waals surface area contributed by atoms with Crippen molar-refractivity contribution in [1.29, 1.82) is 0 Å². The number of urea groups is 1. The van der Waals surface area contributed by atoms with Crippen molar-refractivity contribution in [2.24, 2.45) is 0 Å². The second kappa shape index (κ2) is 4.88. The van der Waals surface area contributed by atoms with Gasteiger partial charge in [-0.1, -0.05) is 19.9 Å². The Bertz CT molecular complexity index is 663. The fourth-order valence-corrected chi connectivity index (χ4v) is 3.56. The molecule has 1 N–H and O–H groups in total. The van der Waals surface area contributed by atoms with Gasteiger partial charge in [0, 0.05) is 29.9 Å². The number of hydrogen-bond donors (Lipinski definition) is 1. The molecule has 1 aromatic rings. The number of carbonyl (C=O) groups is 2. The van der Waals surface area contributed by atoms with Crippen LogP contribution in [-0.2, 0) is 10.2 Å². The normalized spacial score (nSPS) is 28.0. The molecule has 1 saturated heterocycles. The van der Waals surface area contributed by atoms with E-state index < -0.39 is 0 Å². The third-order valence-electron chi connectivity index (χ3n) is 4.86. The van der Waals surface area contributed by atoms with Crippen LogP contribution in [0.2, 0.25) is 0 Å². The van der Waals surface area contributed by atoms with E-state index in [2.05, 4.69) is 19.2 Å². The van der Waals surface area contributed by atoms with Crippen molar-refractivity contribution >= 4 is 11.9 Å². The van der Waals surface area contributed by atoms with Crippen LogP contribution >= 0.6 is 0 Å². The lowest BCUT2D eigenvalue weighted by Crippen LogP contribution is -2.51. The van der Waals surface area contributed by atoms with Gasteiger partial charge >= 0.3 is 6.03 Å². The Balaban J connectivity index is 1.45. The molecule has 2 fully saturated rings. The van der Waals surface area contributed by atoms with E-state index in [4.69, 9.17) is 9.47 Å². The third kappa shape index (κ3) is 2.24. The molecule has 6 heteroatoms. The lowest BCUT2D eigenvalue weighted by Gasteiger charge is -2.39. The molecule has 1 aliphatic carbocycles. The zero-order chi connectivity index (χ0) is 16.2. The number of nitrogens with zero attached hydrogens (tertiary/aromatic N) is 1. The van der Waals surface area contributed by atoms with Crippen LogP contribution in [-0.4, -0.2) is 42.1 Å². The van der Waals surface area contributed by atoms with Crippen LogP contribution in [0.4, 0.5) is 4.79 Å². The smallest absolute Gasteiger partial charge is 0.324 e. The Kier molecular flexibility index (Phi) is 3.04. The van der Waals surface area contributed by atoms with Crippen LogP contribution in [0.5, 0.6) is 11.5 Å². The monoisotopic (exact) mass is 316 g/mol. The molecule has 23 heavy (non-hydrogen) atoms. The zero-order valence-corrected chi connectivity index (χ0v) is 13.3. The van der Waals surface area contributed by atoms with Gasteiger partial charge in [-0.3, -0.25) is 9.69 Å². The molecule has 0 spiro atoms. The molecule has 0 aromatic heterocycles. The minimum absolute atomic E-state index is 0.0316. The van der Waals surface area contributed by atoms with Gasteiger partial charge in [0.25, 0.3) is 0 Å². The summed E-state index contributed by atoms with van der Waals surface area (Å²) in [5.41, 5.74) is 1.04. The fourth-order valence-electron chi connectivity index (χ4n) is 3.56. The van der Waals surface area contributed by atoms with Gasteiger partial charge in [0.1, 0.15) is 17.6 Å². The molecule has 122 valence electrons. The van der Waals surface area contributed by atoms with E-state index in [0.717, 1.165) is 17.1 Å². The Morgan fingerprint density at radius 1 is 1.30 bits per heavy atom. The molecule has 0 bridgehead atoms. The topological polar surface area (TPSA) is 67.9 Å². The molecule has 3 aliphatic rings. The van der Waals surface area contributed by atoms with Crippen molar-refractivity contribution in [2.45, 2.75) is 44.2 Å². The molecule has 0 radical (unpaired) electrons. The summed E-state index contributed by atoms with van der Waals surface area (Å²) in [6, 6.07) is 5.54. The zero-order valence-electron chi connectivity index (χ0n) is 13.3. The van der Waals surface area contributed by atoms with E-state index >= 15 is 0 Å². The minimum Gasteiger partial charge on any atom is -0.492 e. The second-order valence-corrected chi connectivity index (χ2v) is 7.09. The molecule has 1 aromatic carbocycles. The van der Waals surface area contributed by atoms with Crippen LogP contribution in [0.15, 0.2) is 18.2 Å². The maximum absolute atomic E-state index is 11.7. The van der Waals surface area contributed by atoms with Crippen LogP contribution in [0.3, 0.4) is 0 Å². The number of imide groups is 1. The Labute approximate surface area is 134 Å². The van der Waals surface area contributed by atoms with Gasteiger partial charge in [-0.2, -0.15) is 0 Å². The van der Waals surface area contributed by atoms with Crippen molar-refractivity contribution < 1.29 is 19.1 Å². The summed E-state index contributed by atoms with van der Waals surface area (Å²) in [7, 11) is 0. The van der Waals surface area contributed by atoms with Crippen LogP contribution in [0.1, 0.15) is 32.3 Å². The molecule has 0 unspecified atom stereocenters. The highest BCUT2D eigenvalue weighted by Gasteiger charge is 2.44. The number of benzene rings is 1. The Hall–Kier alpha value is -2.24. The first kappa shape index (κ1) is 14.4. The van der Waals surface area contributed by atoms with Gasteiger partial charge in [-0.05, 0) is 12.1 Å². The number of ether oxygens (including phenoxy) is 2. The molecule has 4 rings (SSSR count). The van der Waals surface area contributed by atoms with Gasteiger partial charge in [0.05, 0.1) is 13.2 Å². The van der Waals surface area contributed by atoms with Crippen LogP contribution in [0, 0.1) is 0 Å². The van der Waals surface area contributed by atoms with Gasteiger partial charge < -0.3 is 14.8 Å². The van der Waals surface area contributed by atoms with Gasteiger partial charge in [0.15, 0.2) is 0 Å². The van der Waals surface area contributed by atoms with Crippen molar-refractivity contribution in [3.8, 4) is 11.5 Å². The summed E-state index contributed by atoms with van der Waals surface area (Å²) in [5, 5.41) is 2.56. The third-order valence-corrected chi connectivity index (χ3v) is 4.86. The number of carbonyl (C=O) groups excluding carboxylic acids is 2. The van der Waals surface area contributed by atoms with Crippen molar-refractivity contribution in [2.75, 3.05) is 13.2 Å². The first-order valence-electron chi connectivity index (χ1n) is 7.98. The maximum atomic E-state index is 11.7. The largest absolute Gasteiger partial charge is 0.492 e. The van der Waals surface area contributed by atoms with Crippen LogP contribution in [0.25, 0.3) is 0 Å². The molecule has 2 heterocycles. The predicted molar refractivity (Wildman–Crippen MR) is 82.6 cm³/mol. The summed E-state index contributed by atoms with van der Waals surface area (Å²) in [6.07, 6.45) is 1.40. The highest BCUT2D eigenvalue weighted by atomic mass is 16.5. The average Bonchev–Trinajstić information content (AvgIpc) is 2.95. The van der Waals surface area contributed by atoms with E-state index in [1.54, 1.807) is 0 Å². The number of rotatable bonds is 3. The summed E-state index contributed by atoms with van der Waals surface area (Å²) in [4.78, 5) is 24.7. The summed E-state index contributed by atoms with van der Waals surface area (Å²) >= 11 is 0. The quantitative estimate of drug-likeness (QED) is 0.864. The SMILES string of the molecule is CC1(C)COc2cccc(OC3CC(N4C(=O)CNC4=O)C3)c21. The highest BCUT2D eigenvalue weighted by Crippen LogP contribution is 2.45. The number of amides is 3. The molecule has 6 nitrogen and oxygen atoms in total. The van der Waals surface area contributed by atoms with Gasteiger partial charge in [-0.25, -0.2) is 4.79 Å². The predicted octanol–water partition coefficient (Wildman–Crippen LogP) is 1.82. The summed E-state index contributed by atoms with van der Waals surface area (Å²) in [5.74, 6) is 1.59. The van der Waals surface area contributed by atoms with Gasteiger partial charge in [-0.15, -0.1) is 0 Å². The number of nitrogens with one attached hydrogen (secondary N) is 1. The van der Waals surface area contributed by atoms with Crippen molar-refractivity contribution in [3.63, 3.8) is 0 Å².